The van der Waals surface area contributed by atoms with Crippen molar-refractivity contribution in [2.75, 3.05) is 0 Å². The van der Waals surface area contributed by atoms with Crippen LogP contribution in [0.2, 0.25) is 0 Å². The molecule has 0 saturated heterocycles. The van der Waals surface area contributed by atoms with E-state index in [0.717, 1.165) is 12.1 Å². The highest BCUT2D eigenvalue weighted by Crippen LogP contribution is 2.35. The van der Waals surface area contributed by atoms with E-state index in [1.165, 1.54) is 12.1 Å². The standard InChI is InChI=1S/C24H18F3NO4/c25-17-4-5-20(15(8-17)10-22(29)30)31-12-13-6-16-9-21(26)32-24(16)19(7-13)18-3-1-2-14(11-28)23(18)27/h1-9H,10-12,28H2,(H,29,30). The number of carbonyl (C=O) groups is 1. The summed E-state index contributed by atoms with van der Waals surface area (Å²) in [7, 11) is 0. The molecule has 0 aliphatic carbocycles. The third kappa shape index (κ3) is 4.31. The van der Waals surface area contributed by atoms with Crippen LogP contribution in [0.3, 0.4) is 0 Å². The Morgan fingerprint density at radius 1 is 1.00 bits per heavy atom. The highest BCUT2D eigenvalue weighted by atomic mass is 19.1. The topological polar surface area (TPSA) is 85.7 Å². The number of nitrogens with two attached hydrogens (primary N) is 1. The maximum Gasteiger partial charge on any atom is 0.307 e. The molecule has 0 saturated carbocycles. The number of halogens is 3. The average Bonchev–Trinajstić information content (AvgIpc) is 3.12. The monoisotopic (exact) mass is 441 g/mol. The zero-order chi connectivity index (χ0) is 22.8. The molecule has 0 spiro atoms. The number of hydrogen-bond donors (Lipinski definition) is 2. The summed E-state index contributed by atoms with van der Waals surface area (Å²) in [6.45, 7) is -0.0543. The van der Waals surface area contributed by atoms with Crippen molar-refractivity contribution in [1.82, 2.24) is 0 Å². The quantitative estimate of drug-likeness (QED) is 0.413. The van der Waals surface area contributed by atoms with Crippen molar-refractivity contribution in [1.29, 1.82) is 0 Å². The predicted molar refractivity (Wildman–Crippen MR) is 112 cm³/mol. The van der Waals surface area contributed by atoms with Crippen LogP contribution in [0.4, 0.5) is 13.2 Å². The Hall–Kier alpha value is -3.78. The number of carboxylic acids is 1. The van der Waals surface area contributed by atoms with E-state index >= 15 is 0 Å². The van der Waals surface area contributed by atoms with E-state index in [2.05, 4.69) is 0 Å². The molecule has 32 heavy (non-hydrogen) atoms. The van der Waals surface area contributed by atoms with E-state index in [1.807, 2.05) is 0 Å². The van der Waals surface area contributed by atoms with Gasteiger partial charge in [0.25, 0.3) is 6.01 Å². The molecule has 0 bridgehead atoms. The van der Waals surface area contributed by atoms with Gasteiger partial charge in [0.1, 0.15) is 29.6 Å². The van der Waals surface area contributed by atoms with Crippen LogP contribution in [0.5, 0.6) is 5.75 Å². The van der Waals surface area contributed by atoms with Crippen LogP contribution in [0.15, 0.2) is 59.0 Å². The second kappa shape index (κ2) is 8.76. The first-order valence-corrected chi connectivity index (χ1v) is 9.68. The number of fused-ring (bicyclic) bond motifs is 1. The third-order valence-electron chi connectivity index (χ3n) is 4.99. The van der Waals surface area contributed by atoms with Crippen molar-refractivity contribution in [3.63, 3.8) is 0 Å². The van der Waals surface area contributed by atoms with Crippen LogP contribution in [-0.4, -0.2) is 11.1 Å². The van der Waals surface area contributed by atoms with Gasteiger partial charge < -0.3 is 20.0 Å². The summed E-state index contributed by atoms with van der Waals surface area (Å²) in [6, 6.07) is 11.9. The SMILES string of the molecule is NCc1cccc(-c2cc(COc3ccc(F)cc3CC(=O)O)cc3cc(F)oc23)c1F. The van der Waals surface area contributed by atoms with Crippen LogP contribution < -0.4 is 10.5 Å². The molecule has 0 radical (unpaired) electrons. The van der Waals surface area contributed by atoms with Crippen molar-refractivity contribution in [2.45, 2.75) is 19.6 Å². The van der Waals surface area contributed by atoms with Crippen molar-refractivity contribution >= 4 is 16.9 Å². The van der Waals surface area contributed by atoms with Crippen LogP contribution in [-0.2, 0) is 24.4 Å². The number of rotatable bonds is 7. The lowest BCUT2D eigenvalue weighted by Crippen LogP contribution is -2.05. The molecule has 1 heterocycles. The molecule has 8 heteroatoms. The number of benzene rings is 3. The van der Waals surface area contributed by atoms with Crippen molar-refractivity contribution in [2.24, 2.45) is 5.73 Å². The van der Waals surface area contributed by atoms with E-state index in [-0.39, 0.29) is 35.6 Å². The summed E-state index contributed by atoms with van der Waals surface area (Å²) in [5.41, 5.74) is 7.32. The number of ether oxygens (including phenoxy) is 1. The molecule has 5 nitrogen and oxygen atoms in total. The summed E-state index contributed by atoms with van der Waals surface area (Å²) in [5.74, 6) is -2.05. The highest BCUT2D eigenvalue weighted by Gasteiger charge is 2.17. The number of aliphatic carboxylic acids is 1. The third-order valence-corrected chi connectivity index (χ3v) is 4.99. The van der Waals surface area contributed by atoms with Crippen LogP contribution in [0.1, 0.15) is 16.7 Å². The lowest BCUT2D eigenvalue weighted by atomic mass is 9.98. The molecule has 0 fully saturated rings. The summed E-state index contributed by atoms with van der Waals surface area (Å²) in [5, 5.41) is 9.45. The van der Waals surface area contributed by atoms with E-state index in [9.17, 15) is 18.0 Å². The van der Waals surface area contributed by atoms with Gasteiger partial charge in [0, 0.05) is 40.3 Å². The molecule has 0 aliphatic rings. The van der Waals surface area contributed by atoms with Gasteiger partial charge in [-0.05, 0) is 35.9 Å². The zero-order valence-electron chi connectivity index (χ0n) is 16.7. The minimum atomic E-state index is -1.13. The Morgan fingerprint density at radius 3 is 2.56 bits per heavy atom. The fraction of sp³-hybridized carbons (Fsp3) is 0.125. The molecule has 0 atom stereocenters. The van der Waals surface area contributed by atoms with Crippen LogP contribution in [0.25, 0.3) is 22.1 Å². The van der Waals surface area contributed by atoms with Gasteiger partial charge in [-0.3, -0.25) is 4.79 Å². The van der Waals surface area contributed by atoms with Gasteiger partial charge in [-0.15, -0.1) is 0 Å². The van der Waals surface area contributed by atoms with Crippen molar-refractivity contribution in [3.05, 3.63) is 88.9 Å². The van der Waals surface area contributed by atoms with Crippen molar-refractivity contribution in [3.8, 4) is 16.9 Å². The molecule has 0 amide bonds. The van der Waals surface area contributed by atoms with Crippen molar-refractivity contribution < 1.29 is 32.2 Å². The summed E-state index contributed by atoms with van der Waals surface area (Å²) in [4.78, 5) is 11.1. The molecule has 4 aromatic rings. The molecule has 0 unspecified atom stereocenters. The summed E-state index contributed by atoms with van der Waals surface area (Å²) < 4.78 is 53.2. The second-order valence-electron chi connectivity index (χ2n) is 7.21. The van der Waals surface area contributed by atoms with E-state index in [0.29, 0.717) is 22.1 Å². The smallest absolute Gasteiger partial charge is 0.307 e. The molecule has 3 N–H and O–H groups in total. The molecule has 164 valence electrons. The maximum atomic E-state index is 15.0. The van der Waals surface area contributed by atoms with Gasteiger partial charge >= 0.3 is 5.97 Å². The molecule has 1 aromatic heterocycles. The first-order chi connectivity index (χ1) is 15.4. The summed E-state index contributed by atoms with van der Waals surface area (Å²) >= 11 is 0. The molecule has 4 rings (SSSR count). The zero-order valence-corrected chi connectivity index (χ0v) is 16.7. The van der Waals surface area contributed by atoms with Gasteiger partial charge in [0.2, 0.25) is 0 Å². The Morgan fingerprint density at radius 2 is 1.81 bits per heavy atom. The Balaban J connectivity index is 1.74. The lowest BCUT2D eigenvalue weighted by molar-refractivity contribution is -0.136. The lowest BCUT2D eigenvalue weighted by Gasteiger charge is -2.13. The maximum absolute atomic E-state index is 15.0. The average molecular weight is 441 g/mol. The van der Waals surface area contributed by atoms with Gasteiger partial charge in [0.15, 0.2) is 0 Å². The number of hydrogen-bond acceptors (Lipinski definition) is 4. The van der Waals surface area contributed by atoms with E-state index in [1.54, 1.807) is 30.3 Å². The number of carboxylic acid groups (broad SMARTS) is 1. The largest absolute Gasteiger partial charge is 0.489 e. The Bertz CT molecular complexity index is 1320. The first-order valence-electron chi connectivity index (χ1n) is 9.68. The summed E-state index contributed by atoms with van der Waals surface area (Å²) in [6.07, 6.45) is -0.415. The minimum absolute atomic E-state index is 0.00491. The van der Waals surface area contributed by atoms with E-state index < -0.39 is 30.0 Å². The predicted octanol–water partition coefficient (Wildman–Crippen LogP) is 5.18. The molecule has 0 aliphatic heterocycles. The fourth-order valence-electron chi connectivity index (χ4n) is 3.56. The molecular weight excluding hydrogens is 423 g/mol. The Labute approximate surface area is 180 Å². The van der Waals surface area contributed by atoms with Gasteiger partial charge in [-0.1, -0.05) is 18.2 Å². The first kappa shape index (κ1) is 21.5. The van der Waals surface area contributed by atoms with E-state index in [4.69, 9.17) is 20.0 Å². The second-order valence-corrected chi connectivity index (χ2v) is 7.21. The van der Waals surface area contributed by atoms with Gasteiger partial charge in [-0.25, -0.2) is 8.78 Å². The molecule has 3 aromatic carbocycles. The van der Waals surface area contributed by atoms with Crippen LogP contribution >= 0.6 is 0 Å². The molecular formula is C24H18F3NO4. The fourth-order valence-corrected chi connectivity index (χ4v) is 3.56. The minimum Gasteiger partial charge on any atom is -0.489 e. The normalized spacial score (nSPS) is 11.1. The number of furan rings is 1. The van der Waals surface area contributed by atoms with Gasteiger partial charge in [-0.2, -0.15) is 4.39 Å². The highest BCUT2D eigenvalue weighted by molar-refractivity contribution is 5.93. The van der Waals surface area contributed by atoms with Gasteiger partial charge in [0.05, 0.1) is 6.42 Å². The Kier molecular flexibility index (Phi) is 5.87. The van der Waals surface area contributed by atoms with Crippen LogP contribution in [0, 0.1) is 17.6 Å².